The third kappa shape index (κ3) is 6.24. The zero-order valence-corrected chi connectivity index (χ0v) is 17.2. The van der Waals surface area contributed by atoms with Crippen molar-refractivity contribution >= 4 is 23.4 Å². The quantitative estimate of drug-likeness (QED) is 0.376. The molecule has 0 saturated carbocycles. The smallest absolute Gasteiger partial charge is 0.335 e. The topological polar surface area (TPSA) is 99.7 Å². The number of hydrogen-bond acceptors (Lipinski definition) is 4. The summed E-state index contributed by atoms with van der Waals surface area (Å²) >= 11 is 0. The van der Waals surface area contributed by atoms with Gasteiger partial charge in [-0.05, 0) is 36.2 Å². The van der Waals surface area contributed by atoms with Crippen molar-refractivity contribution in [1.82, 2.24) is 5.32 Å². The Labute approximate surface area is 181 Å². The molecule has 2 amide bonds. The second-order valence-electron chi connectivity index (χ2n) is 6.84. The van der Waals surface area contributed by atoms with Gasteiger partial charge in [-0.25, -0.2) is 9.59 Å². The van der Waals surface area contributed by atoms with Gasteiger partial charge < -0.3 is 25.8 Å². The van der Waals surface area contributed by atoms with Gasteiger partial charge in [0.05, 0.1) is 16.9 Å². The minimum Gasteiger partial charge on any atom is -0.478 e. The molecular weight excluding hydrogens is 394 g/mol. The monoisotopic (exact) mass is 419 g/mol. The first-order chi connectivity index (χ1) is 15.1. The van der Waals surface area contributed by atoms with Gasteiger partial charge in [-0.15, -0.1) is 0 Å². The zero-order chi connectivity index (χ0) is 22.1. The average molecular weight is 419 g/mol. The maximum Gasteiger partial charge on any atom is 0.335 e. The van der Waals surface area contributed by atoms with Crippen LogP contribution in [0.4, 0.5) is 16.2 Å². The van der Waals surface area contributed by atoms with Crippen LogP contribution in [-0.4, -0.2) is 23.7 Å². The molecule has 7 heteroatoms. The van der Waals surface area contributed by atoms with E-state index >= 15 is 0 Å². The second kappa shape index (κ2) is 10.7. The van der Waals surface area contributed by atoms with E-state index in [1.807, 2.05) is 55.5 Å². The van der Waals surface area contributed by atoms with Crippen LogP contribution in [0, 0.1) is 0 Å². The Kier molecular flexibility index (Phi) is 7.48. The van der Waals surface area contributed by atoms with Crippen molar-refractivity contribution < 1.29 is 19.4 Å². The summed E-state index contributed by atoms with van der Waals surface area (Å²) in [5, 5.41) is 18.3. The highest BCUT2D eigenvalue weighted by Crippen LogP contribution is 2.39. The number of anilines is 2. The average Bonchev–Trinajstić information content (AvgIpc) is 2.79. The standard InChI is InChI=1S/C24H25N3O4/c1-2-13-25-24(30)27-21-15-18(23(28)29)14-20(26-16-17-9-5-3-6-10-17)22(21)31-19-11-7-4-8-12-19/h3-12,14-15,26H,2,13,16H2,1H3,(H,28,29)(H2,25,27,30). The van der Waals surface area contributed by atoms with Crippen LogP contribution >= 0.6 is 0 Å². The third-order valence-electron chi connectivity index (χ3n) is 4.41. The highest BCUT2D eigenvalue weighted by molar-refractivity contribution is 5.97. The summed E-state index contributed by atoms with van der Waals surface area (Å²) in [6.45, 7) is 2.90. The fourth-order valence-electron chi connectivity index (χ4n) is 2.89. The maximum atomic E-state index is 12.3. The number of hydrogen-bond donors (Lipinski definition) is 4. The summed E-state index contributed by atoms with van der Waals surface area (Å²) in [6, 6.07) is 21.3. The number of para-hydroxylation sites is 1. The molecular formula is C24H25N3O4. The number of aromatic carboxylic acids is 1. The van der Waals surface area contributed by atoms with Crippen molar-refractivity contribution in [2.75, 3.05) is 17.2 Å². The molecule has 0 bridgehead atoms. The number of benzene rings is 3. The molecule has 3 rings (SSSR count). The predicted octanol–water partition coefficient (Wildman–Crippen LogP) is 5.32. The van der Waals surface area contributed by atoms with Crippen LogP contribution < -0.4 is 20.7 Å². The minimum absolute atomic E-state index is 0.0294. The summed E-state index contributed by atoms with van der Waals surface area (Å²) in [7, 11) is 0. The largest absolute Gasteiger partial charge is 0.478 e. The van der Waals surface area contributed by atoms with Crippen LogP contribution in [0.5, 0.6) is 11.5 Å². The van der Waals surface area contributed by atoms with E-state index in [1.165, 1.54) is 12.1 Å². The van der Waals surface area contributed by atoms with Crippen LogP contribution in [0.15, 0.2) is 72.8 Å². The lowest BCUT2D eigenvalue weighted by molar-refractivity contribution is 0.0697. The fraction of sp³-hybridized carbons (Fsp3) is 0.167. The highest BCUT2D eigenvalue weighted by Gasteiger charge is 2.18. The number of nitrogens with one attached hydrogen (secondary N) is 3. The first-order valence-corrected chi connectivity index (χ1v) is 10.0. The number of rotatable bonds is 9. The first kappa shape index (κ1) is 21.7. The Bertz CT molecular complexity index is 1020. The normalized spacial score (nSPS) is 10.2. The molecule has 31 heavy (non-hydrogen) atoms. The van der Waals surface area contributed by atoms with E-state index in [1.54, 1.807) is 12.1 Å². The molecule has 0 aliphatic rings. The van der Waals surface area contributed by atoms with Gasteiger partial charge in [0.15, 0.2) is 5.75 Å². The molecule has 0 aliphatic heterocycles. The van der Waals surface area contributed by atoms with Gasteiger partial charge in [0, 0.05) is 13.1 Å². The van der Waals surface area contributed by atoms with Crippen LogP contribution in [0.3, 0.4) is 0 Å². The lowest BCUT2D eigenvalue weighted by Crippen LogP contribution is -2.29. The summed E-state index contributed by atoms with van der Waals surface area (Å²) in [5.41, 5.74) is 1.76. The number of carboxylic acids is 1. The molecule has 0 fully saturated rings. The van der Waals surface area contributed by atoms with Crippen molar-refractivity contribution in [1.29, 1.82) is 0 Å². The molecule has 4 N–H and O–H groups in total. The number of carbonyl (C=O) groups excluding carboxylic acids is 1. The molecule has 160 valence electrons. The molecule has 0 saturated heterocycles. The molecule has 7 nitrogen and oxygen atoms in total. The third-order valence-corrected chi connectivity index (χ3v) is 4.41. The SMILES string of the molecule is CCCNC(=O)Nc1cc(C(=O)O)cc(NCc2ccccc2)c1Oc1ccccc1. The minimum atomic E-state index is -1.11. The van der Waals surface area contributed by atoms with E-state index < -0.39 is 12.0 Å². The molecule has 0 aliphatic carbocycles. The van der Waals surface area contributed by atoms with E-state index in [2.05, 4.69) is 16.0 Å². The van der Waals surface area contributed by atoms with E-state index in [9.17, 15) is 14.7 Å². The number of amides is 2. The Morgan fingerprint density at radius 1 is 0.935 bits per heavy atom. The lowest BCUT2D eigenvalue weighted by atomic mass is 10.1. The first-order valence-electron chi connectivity index (χ1n) is 10.0. The van der Waals surface area contributed by atoms with Crippen LogP contribution in [0.25, 0.3) is 0 Å². The van der Waals surface area contributed by atoms with Crippen LogP contribution in [-0.2, 0) is 6.54 Å². The number of carbonyl (C=O) groups is 2. The Morgan fingerprint density at radius 3 is 2.23 bits per heavy atom. The molecule has 0 aromatic heterocycles. The molecule has 0 radical (unpaired) electrons. The molecule has 3 aromatic carbocycles. The summed E-state index contributed by atoms with van der Waals surface area (Å²) in [6.07, 6.45) is 0.778. The van der Waals surface area contributed by atoms with Crippen molar-refractivity contribution in [2.45, 2.75) is 19.9 Å². The Balaban J connectivity index is 1.99. The lowest BCUT2D eigenvalue weighted by Gasteiger charge is -2.19. The zero-order valence-electron chi connectivity index (χ0n) is 17.2. The summed E-state index contributed by atoms with van der Waals surface area (Å²) < 4.78 is 6.07. The molecule has 0 atom stereocenters. The highest BCUT2D eigenvalue weighted by atomic mass is 16.5. The molecule has 0 heterocycles. The Hall–Kier alpha value is -4.00. The van der Waals surface area contributed by atoms with Crippen molar-refractivity contribution in [2.24, 2.45) is 0 Å². The Morgan fingerprint density at radius 2 is 1.58 bits per heavy atom. The van der Waals surface area contributed by atoms with Gasteiger partial charge in [-0.3, -0.25) is 0 Å². The van der Waals surface area contributed by atoms with Crippen LogP contribution in [0.1, 0.15) is 29.3 Å². The molecule has 3 aromatic rings. The van der Waals surface area contributed by atoms with Crippen molar-refractivity contribution in [3.63, 3.8) is 0 Å². The van der Waals surface area contributed by atoms with Gasteiger partial charge in [0.2, 0.25) is 0 Å². The van der Waals surface area contributed by atoms with Crippen molar-refractivity contribution in [3.8, 4) is 11.5 Å². The van der Waals surface area contributed by atoms with Gasteiger partial charge in [-0.1, -0.05) is 55.5 Å². The number of carboxylic acid groups (broad SMARTS) is 1. The predicted molar refractivity (Wildman–Crippen MR) is 121 cm³/mol. The fourth-order valence-corrected chi connectivity index (χ4v) is 2.89. The van der Waals surface area contributed by atoms with E-state index in [0.717, 1.165) is 12.0 Å². The van der Waals surface area contributed by atoms with Gasteiger partial charge in [-0.2, -0.15) is 0 Å². The van der Waals surface area contributed by atoms with E-state index in [0.29, 0.717) is 30.3 Å². The number of urea groups is 1. The van der Waals surface area contributed by atoms with E-state index in [4.69, 9.17) is 4.74 Å². The molecule has 0 unspecified atom stereocenters. The summed E-state index contributed by atoms with van der Waals surface area (Å²) in [5.74, 6) is -0.213. The molecule has 0 spiro atoms. The second-order valence-corrected chi connectivity index (χ2v) is 6.84. The van der Waals surface area contributed by atoms with Gasteiger partial charge in [0.1, 0.15) is 5.75 Å². The van der Waals surface area contributed by atoms with Crippen LogP contribution in [0.2, 0.25) is 0 Å². The summed E-state index contributed by atoms with van der Waals surface area (Å²) in [4.78, 5) is 24.0. The maximum absolute atomic E-state index is 12.3. The van der Waals surface area contributed by atoms with Gasteiger partial charge in [0.25, 0.3) is 0 Å². The van der Waals surface area contributed by atoms with E-state index in [-0.39, 0.29) is 11.3 Å². The van der Waals surface area contributed by atoms with Gasteiger partial charge >= 0.3 is 12.0 Å². The number of ether oxygens (including phenoxy) is 1. The van der Waals surface area contributed by atoms with Crippen molar-refractivity contribution in [3.05, 3.63) is 83.9 Å².